The number of hydrogen-bond donors (Lipinski definition) is 4. The van der Waals surface area contributed by atoms with Crippen LogP contribution in [0.2, 0.25) is 0 Å². The van der Waals surface area contributed by atoms with Crippen molar-refractivity contribution in [3.05, 3.63) is 0 Å². The number of aliphatic hydroxyl groups excluding tert-OH is 3. The molecule has 0 spiro atoms. The van der Waals surface area contributed by atoms with Crippen LogP contribution in [0.5, 0.6) is 0 Å². The second-order valence-electron chi connectivity index (χ2n) is 3.57. The van der Waals surface area contributed by atoms with Crippen LogP contribution in [0.3, 0.4) is 0 Å². The Hall–Kier alpha value is -0.530. The van der Waals surface area contributed by atoms with Gasteiger partial charge in [0.25, 0.3) is 0 Å². The zero-order valence-corrected chi connectivity index (χ0v) is 7.75. The Morgan fingerprint density at radius 2 is 2.07 bits per heavy atom. The standard InChI is InChI=1S/C8H14O6/c1-4(9)2-8(13)6(11)5(10)3-14-7(8)12/h5-7,10-13H,2-3H2,1H3/t5-,6+,7+,8-/m1/s1. The fourth-order valence-corrected chi connectivity index (χ4v) is 1.50. The summed E-state index contributed by atoms with van der Waals surface area (Å²) in [7, 11) is 0. The van der Waals surface area contributed by atoms with Crippen LogP contribution in [0.15, 0.2) is 0 Å². The molecule has 0 bridgehead atoms. The molecule has 0 aromatic carbocycles. The van der Waals surface area contributed by atoms with Crippen LogP contribution in [0, 0.1) is 0 Å². The predicted molar refractivity (Wildman–Crippen MR) is 44.2 cm³/mol. The molecule has 0 aromatic rings. The molecular formula is C8H14O6. The Morgan fingerprint density at radius 1 is 1.50 bits per heavy atom. The normalized spacial score (nSPS) is 43.6. The van der Waals surface area contributed by atoms with Crippen molar-refractivity contribution < 1.29 is 30.0 Å². The zero-order valence-electron chi connectivity index (χ0n) is 7.75. The molecule has 82 valence electrons. The van der Waals surface area contributed by atoms with Crippen molar-refractivity contribution in [3.8, 4) is 0 Å². The summed E-state index contributed by atoms with van der Waals surface area (Å²) in [6.07, 6.45) is -5.02. The molecule has 0 aromatic heterocycles. The third kappa shape index (κ3) is 1.94. The first-order valence-corrected chi connectivity index (χ1v) is 4.25. The summed E-state index contributed by atoms with van der Waals surface area (Å²) in [5.41, 5.74) is -2.12. The minimum absolute atomic E-state index is 0.275. The van der Waals surface area contributed by atoms with Gasteiger partial charge < -0.3 is 25.2 Å². The van der Waals surface area contributed by atoms with Crippen molar-refractivity contribution >= 4 is 5.78 Å². The predicted octanol–water partition coefficient (Wildman–Crippen LogP) is -2.23. The molecular weight excluding hydrogens is 192 g/mol. The van der Waals surface area contributed by atoms with Gasteiger partial charge in [-0.25, -0.2) is 0 Å². The molecule has 1 fully saturated rings. The smallest absolute Gasteiger partial charge is 0.186 e. The number of aliphatic hydroxyl groups is 4. The number of hydrogen-bond acceptors (Lipinski definition) is 6. The van der Waals surface area contributed by atoms with E-state index in [1.165, 1.54) is 6.92 Å². The van der Waals surface area contributed by atoms with Crippen LogP contribution < -0.4 is 0 Å². The fourth-order valence-electron chi connectivity index (χ4n) is 1.50. The Morgan fingerprint density at radius 3 is 2.57 bits per heavy atom. The van der Waals surface area contributed by atoms with E-state index >= 15 is 0 Å². The highest BCUT2D eigenvalue weighted by molar-refractivity contribution is 5.76. The van der Waals surface area contributed by atoms with Crippen LogP contribution in [-0.2, 0) is 9.53 Å². The zero-order chi connectivity index (χ0) is 10.9. The SMILES string of the molecule is CC(=O)C[C@]1(O)[C@@H](O)OC[C@@H](O)[C@@H]1O. The first-order chi connectivity index (χ1) is 6.38. The molecule has 0 amide bonds. The molecule has 14 heavy (non-hydrogen) atoms. The van der Waals surface area contributed by atoms with Gasteiger partial charge in [-0.05, 0) is 6.92 Å². The minimum Gasteiger partial charge on any atom is -0.388 e. The van der Waals surface area contributed by atoms with Crippen molar-refractivity contribution in [2.45, 2.75) is 37.4 Å². The van der Waals surface area contributed by atoms with Crippen LogP contribution in [-0.4, -0.2) is 56.9 Å². The third-order valence-corrected chi connectivity index (χ3v) is 2.26. The van der Waals surface area contributed by atoms with Gasteiger partial charge in [-0.15, -0.1) is 0 Å². The molecule has 6 heteroatoms. The molecule has 0 unspecified atom stereocenters. The van der Waals surface area contributed by atoms with E-state index < -0.39 is 36.3 Å². The van der Waals surface area contributed by atoms with Crippen molar-refractivity contribution in [1.82, 2.24) is 0 Å². The first kappa shape index (κ1) is 11.5. The molecule has 1 aliphatic rings. The van der Waals surface area contributed by atoms with Crippen LogP contribution in [0.4, 0.5) is 0 Å². The van der Waals surface area contributed by atoms with E-state index in [-0.39, 0.29) is 6.61 Å². The lowest BCUT2D eigenvalue weighted by atomic mass is 9.85. The van der Waals surface area contributed by atoms with Crippen LogP contribution in [0.25, 0.3) is 0 Å². The lowest BCUT2D eigenvalue weighted by Crippen LogP contribution is -2.63. The van der Waals surface area contributed by atoms with Gasteiger partial charge in [0.05, 0.1) is 6.61 Å². The second-order valence-corrected chi connectivity index (χ2v) is 3.57. The fraction of sp³-hybridized carbons (Fsp3) is 0.875. The van der Waals surface area contributed by atoms with Crippen molar-refractivity contribution in [3.63, 3.8) is 0 Å². The summed E-state index contributed by atoms with van der Waals surface area (Å²) in [6.45, 7) is 0.931. The molecule has 0 radical (unpaired) electrons. The first-order valence-electron chi connectivity index (χ1n) is 4.25. The highest BCUT2D eigenvalue weighted by Gasteiger charge is 2.51. The van der Waals surface area contributed by atoms with Gasteiger partial charge in [-0.2, -0.15) is 0 Å². The molecule has 0 aliphatic carbocycles. The molecule has 0 saturated carbocycles. The van der Waals surface area contributed by atoms with Gasteiger partial charge in [-0.1, -0.05) is 0 Å². The summed E-state index contributed by atoms with van der Waals surface area (Å²) < 4.78 is 4.62. The van der Waals surface area contributed by atoms with E-state index in [1.54, 1.807) is 0 Å². The molecule has 6 nitrogen and oxygen atoms in total. The monoisotopic (exact) mass is 206 g/mol. The van der Waals surface area contributed by atoms with E-state index in [0.717, 1.165) is 0 Å². The maximum atomic E-state index is 10.8. The number of ether oxygens (including phenoxy) is 1. The molecule has 4 N–H and O–H groups in total. The Balaban J connectivity index is 2.83. The number of ketones is 1. The molecule has 1 aliphatic heterocycles. The molecule has 1 heterocycles. The van der Waals surface area contributed by atoms with Crippen LogP contribution in [0.1, 0.15) is 13.3 Å². The lowest BCUT2D eigenvalue weighted by molar-refractivity contribution is -0.301. The second kappa shape index (κ2) is 3.92. The summed E-state index contributed by atoms with van der Waals surface area (Å²) in [5, 5.41) is 37.6. The topological polar surface area (TPSA) is 107 Å². The van der Waals surface area contributed by atoms with Gasteiger partial charge in [0.2, 0.25) is 0 Å². The Bertz CT molecular complexity index is 230. The summed E-state index contributed by atoms with van der Waals surface area (Å²) in [6, 6.07) is 0. The van der Waals surface area contributed by atoms with Gasteiger partial charge in [0, 0.05) is 6.42 Å². The van der Waals surface area contributed by atoms with Crippen molar-refractivity contribution in [2.75, 3.05) is 6.61 Å². The lowest BCUT2D eigenvalue weighted by Gasteiger charge is -2.42. The summed E-state index contributed by atoms with van der Waals surface area (Å²) in [4.78, 5) is 10.8. The van der Waals surface area contributed by atoms with E-state index in [9.17, 15) is 25.2 Å². The highest BCUT2D eigenvalue weighted by Crippen LogP contribution is 2.28. The summed E-state index contributed by atoms with van der Waals surface area (Å²) >= 11 is 0. The Labute approximate surface area is 80.7 Å². The van der Waals surface area contributed by atoms with E-state index in [1.807, 2.05) is 0 Å². The maximum absolute atomic E-state index is 10.8. The third-order valence-electron chi connectivity index (χ3n) is 2.26. The average molecular weight is 206 g/mol. The largest absolute Gasteiger partial charge is 0.388 e. The van der Waals surface area contributed by atoms with Crippen LogP contribution >= 0.6 is 0 Å². The van der Waals surface area contributed by atoms with Gasteiger partial charge in [-0.3, -0.25) is 4.79 Å². The van der Waals surface area contributed by atoms with E-state index in [0.29, 0.717) is 0 Å². The number of Topliss-reactive ketones (excluding diaryl/α,β-unsaturated/α-hetero) is 1. The average Bonchev–Trinajstić information content (AvgIpc) is 2.08. The van der Waals surface area contributed by atoms with E-state index in [2.05, 4.69) is 4.74 Å². The number of carbonyl (C=O) groups excluding carboxylic acids is 1. The highest BCUT2D eigenvalue weighted by atomic mass is 16.6. The molecule has 1 rings (SSSR count). The number of carbonyl (C=O) groups is 1. The van der Waals surface area contributed by atoms with Gasteiger partial charge in [0.1, 0.15) is 18.0 Å². The maximum Gasteiger partial charge on any atom is 0.186 e. The van der Waals surface area contributed by atoms with Gasteiger partial charge >= 0.3 is 0 Å². The quantitative estimate of drug-likeness (QED) is 0.407. The summed E-state index contributed by atoms with van der Waals surface area (Å²) in [5.74, 6) is -0.414. The Kier molecular flexibility index (Phi) is 3.23. The molecule has 1 saturated heterocycles. The van der Waals surface area contributed by atoms with Gasteiger partial charge in [0.15, 0.2) is 11.9 Å². The van der Waals surface area contributed by atoms with Crippen molar-refractivity contribution in [2.24, 2.45) is 0 Å². The van der Waals surface area contributed by atoms with Crippen molar-refractivity contribution in [1.29, 1.82) is 0 Å². The molecule has 4 atom stereocenters. The minimum atomic E-state index is -2.12. The van der Waals surface area contributed by atoms with E-state index in [4.69, 9.17) is 0 Å². The number of rotatable bonds is 2.